The van der Waals surface area contributed by atoms with Crippen LogP contribution < -0.4 is 0 Å². The summed E-state index contributed by atoms with van der Waals surface area (Å²) in [5.74, 6) is 0. The largest absolute Gasteiger partial charge is 0.209 e. The van der Waals surface area contributed by atoms with Crippen molar-refractivity contribution in [3.05, 3.63) is 34.1 Å². The van der Waals surface area contributed by atoms with Gasteiger partial charge in [-0.05, 0) is 46.9 Å². The zero-order valence-electron chi connectivity index (χ0n) is 7.91. The van der Waals surface area contributed by atoms with Gasteiger partial charge in [0.25, 0.3) is 0 Å². The fraction of sp³-hybridized carbons (Fsp3) is 0.200. The summed E-state index contributed by atoms with van der Waals surface area (Å²) in [6.07, 6.45) is 0. The molecule has 1 heterocycles. The molecule has 14 heavy (non-hydrogen) atoms. The Morgan fingerprint density at radius 3 is 2.64 bits per heavy atom. The van der Waals surface area contributed by atoms with Gasteiger partial charge >= 0.3 is 0 Å². The molecule has 72 valence electrons. The van der Waals surface area contributed by atoms with E-state index in [1.165, 1.54) is 28.2 Å². The van der Waals surface area contributed by atoms with Crippen molar-refractivity contribution in [1.82, 2.24) is 9.36 Å². The average molecular weight is 269 g/mol. The van der Waals surface area contributed by atoms with E-state index < -0.39 is 0 Å². The van der Waals surface area contributed by atoms with Crippen LogP contribution in [0, 0.1) is 13.8 Å². The number of aryl methyl sites for hydroxylation is 2. The van der Waals surface area contributed by atoms with Crippen molar-refractivity contribution < 1.29 is 0 Å². The highest BCUT2D eigenvalue weighted by Gasteiger charge is 2.06. The summed E-state index contributed by atoms with van der Waals surface area (Å²) in [5.41, 5.74) is 3.68. The molecule has 0 atom stereocenters. The molecule has 0 N–H and O–H groups in total. The van der Waals surface area contributed by atoms with Crippen LogP contribution in [0.2, 0.25) is 0 Å². The molecule has 0 aliphatic rings. The normalized spacial score (nSPS) is 10.5. The van der Waals surface area contributed by atoms with Gasteiger partial charge in [-0.25, -0.2) is 4.98 Å². The molecule has 0 spiro atoms. The first kappa shape index (κ1) is 9.80. The van der Waals surface area contributed by atoms with Gasteiger partial charge in [0, 0.05) is 5.56 Å². The molecule has 1 aromatic carbocycles. The second kappa shape index (κ2) is 3.79. The molecule has 0 bridgehead atoms. The zero-order chi connectivity index (χ0) is 10.1. The van der Waals surface area contributed by atoms with Gasteiger partial charge in [0.05, 0.1) is 0 Å². The van der Waals surface area contributed by atoms with Crippen LogP contribution in [-0.4, -0.2) is 9.36 Å². The van der Waals surface area contributed by atoms with Gasteiger partial charge in [-0.2, -0.15) is 4.37 Å². The number of benzene rings is 1. The third-order valence-corrected chi connectivity index (χ3v) is 3.35. The molecular weight excluding hydrogens is 260 g/mol. The molecule has 0 radical (unpaired) electrons. The number of rotatable bonds is 1. The summed E-state index contributed by atoms with van der Waals surface area (Å²) in [6.45, 7) is 4.18. The van der Waals surface area contributed by atoms with Gasteiger partial charge in [0.2, 0.25) is 4.73 Å². The quantitative estimate of drug-likeness (QED) is 0.790. The van der Waals surface area contributed by atoms with E-state index in [2.05, 4.69) is 57.3 Å². The standard InChI is InChI=1S/C10H9BrN2S/c1-6-3-4-8(7(2)5-6)9-12-10(11)13-14-9/h3-5H,1-2H3. The summed E-state index contributed by atoms with van der Waals surface area (Å²) in [5, 5.41) is 0.967. The molecule has 1 aromatic heterocycles. The first-order valence-electron chi connectivity index (χ1n) is 4.23. The summed E-state index contributed by atoms with van der Waals surface area (Å²) in [7, 11) is 0. The van der Waals surface area contributed by atoms with E-state index in [1.807, 2.05) is 0 Å². The van der Waals surface area contributed by atoms with Gasteiger partial charge in [-0.1, -0.05) is 23.8 Å². The van der Waals surface area contributed by atoms with Crippen LogP contribution in [0.25, 0.3) is 10.6 Å². The topological polar surface area (TPSA) is 25.8 Å². The predicted octanol–water partition coefficient (Wildman–Crippen LogP) is 3.58. The average Bonchev–Trinajstić information content (AvgIpc) is 2.51. The lowest BCUT2D eigenvalue weighted by Crippen LogP contribution is -1.83. The van der Waals surface area contributed by atoms with Gasteiger partial charge in [0.15, 0.2) is 0 Å². The Morgan fingerprint density at radius 2 is 2.07 bits per heavy atom. The Morgan fingerprint density at radius 1 is 1.29 bits per heavy atom. The van der Waals surface area contributed by atoms with Crippen molar-refractivity contribution in [2.75, 3.05) is 0 Å². The summed E-state index contributed by atoms with van der Waals surface area (Å²) >= 11 is 4.67. The van der Waals surface area contributed by atoms with Gasteiger partial charge in [-0.3, -0.25) is 0 Å². The molecule has 2 nitrogen and oxygen atoms in total. The first-order chi connectivity index (χ1) is 6.66. The highest BCUT2D eigenvalue weighted by Crippen LogP contribution is 2.26. The third kappa shape index (κ3) is 1.86. The molecule has 0 aliphatic carbocycles. The molecule has 0 amide bonds. The second-order valence-electron chi connectivity index (χ2n) is 3.19. The van der Waals surface area contributed by atoms with E-state index in [1.54, 1.807) is 0 Å². The maximum absolute atomic E-state index is 4.30. The SMILES string of the molecule is Cc1ccc(-c2nc(Br)ns2)c(C)c1. The molecule has 4 heteroatoms. The van der Waals surface area contributed by atoms with E-state index in [0.717, 1.165) is 5.01 Å². The van der Waals surface area contributed by atoms with E-state index in [0.29, 0.717) is 4.73 Å². The Balaban J connectivity index is 2.52. The Bertz CT molecular complexity index is 465. The van der Waals surface area contributed by atoms with Crippen molar-refractivity contribution >= 4 is 27.5 Å². The zero-order valence-corrected chi connectivity index (χ0v) is 10.3. The van der Waals surface area contributed by atoms with E-state index in [4.69, 9.17) is 0 Å². The van der Waals surface area contributed by atoms with Gasteiger partial charge < -0.3 is 0 Å². The molecule has 0 saturated heterocycles. The molecule has 0 saturated carbocycles. The smallest absolute Gasteiger partial charge is 0.209 e. The Kier molecular flexibility index (Phi) is 2.65. The minimum absolute atomic E-state index is 0.664. The summed E-state index contributed by atoms with van der Waals surface area (Å²) in [6, 6.07) is 6.35. The van der Waals surface area contributed by atoms with Crippen LogP contribution in [-0.2, 0) is 0 Å². The molecule has 2 aromatic rings. The van der Waals surface area contributed by atoms with Crippen molar-refractivity contribution in [2.45, 2.75) is 13.8 Å². The van der Waals surface area contributed by atoms with Gasteiger partial charge in [-0.15, -0.1) is 0 Å². The predicted molar refractivity (Wildman–Crippen MR) is 62.5 cm³/mol. The first-order valence-corrected chi connectivity index (χ1v) is 5.80. The fourth-order valence-electron chi connectivity index (χ4n) is 1.37. The van der Waals surface area contributed by atoms with Crippen LogP contribution in [0.3, 0.4) is 0 Å². The number of nitrogens with zero attached hydrogens (tertiary/aromatic N) is 2. The molecule has 0 fully saturated rings. The maximum Gasteiger partial charge on any atom is 0.209 e. The minimum atomic E-state index is 0.664. The van der Waals surface area contributed by atoms with Crippen LogP contribution in [0.15, 0.2) is 22.9 Å². The second-order valence-corrected chi connectivity index (χ2v) is 4.65. The molecule has 0 unspecified atom stereocenters. The highest BCUT2D eigenvalue weighted by molar-refractivity contribution is 9.10. The third-order valence-electron chi connectivity index (χ3n) is 2.01. The molecule has 0 aliphatic heterocycles. The van der Waals surface area contributed by atoms with E-state index in [9.17, 15) is 0 Å². The number of halogens is 1. The highest BCUT2D eigenvalue weighted by atomic mass is 79.9. The minimum Gasteiger partial charge on any atom is -0.209 e. The summed E-state index contributed by atoms with van der Waals surface area (Å²) in [4.78, 5) is 4.30. The van der Waals surface area contributed by atoms with Crippen molar-refractivity contribution in [3.63, 3.8) is 0 Å². The fourth-order valence-corrected chi connectivity index (χ4v) is 2.54. The van der Waals surface area contributed by atoms with Crippen LogP contribution in [0.5, 0.6) is 0 Å². The molecule has 2 rings (SSSR count). The number of hydrogen-bond acceptors (Lipinski definition) is 3. The Hall–Kier alpha value is -0.740. The lowest BCUT2D eigenvalue weighted by molar-refractivity contribution is 1.25. The molecular formula is C10H9BrN2S. The van der Waals surface area contributed by atoms with E-state index in [-0.39, 0.29) is 0 Å². The maximum atomic E-state index is 4.30. The van der Waals surface area contributed by atoms with Crippen LogP contribution in [0.1, 0.15) is 11.1 Å². The van der Waals surface area contributed by atoms with Crippen LogP contribution in [0.4, 0.5) is 0 Å². The van der Waals surface area contributed by atoms with Gasteiger partial charge in [0.1, 0.15) is 5.01 Å². The van der Waals surface area contributed by atoms with Crippen LogP contribution >= 0.6 is 27.5 Å². The van der Waals surface area contributed by atoms with E-state index >= 15 is 0 Å². The lowest BCUT2D eigenvalue weighted by Gasteiger charge is -2.01. The van der Waals surface area contributed by atoms with Crippen molar-refractivity contribution in [2.24, 2.45) is 0 Å². The summed E-state index contributed by atoms with van der Waals surface area (Å²) < 4.78 is 4.77. The number of aromatic nitrogens is 2. The monoisotopic (exact) mass is 268 g/mol. The van der Waals surface area contributed by atoms with Crippen molar-refractivity contribution in [1.29, 1.82) is 0 Å². The lowest BCUT2D eigenvalue weighted by atomic mass is 10.1. The Labute approximate surface area is 95.3 Å². The number of hydrogen-bond donors (Lipinski definition) is 0. The van der Waals surface area contributed by atoms with Crippen molar-refractivity contribution in [3.8, 4) is 10.6 Å².